The highest BCUT2D eigenvalue weighted by molar-refractivity contribution is 5.48. The highest BCUT2D eigenvalue weighted by Crippen LogP contribution is 2.29. The normalized spacial score (nSPS) is 10.7. The molecule has 1 nitrogen and oxygen atoms in total. The molecule has 1 heteroatoms. The van der Waals surface area contributed by atoms with Crippen LogP contribution in [0.5, 0.6) is 5.75 Å². The standard InChI is InChI=1S/C14H22O/c1-5-7-12-10(3)9-14(15)13(8-6-2)11(12)4/h9,15H,5-8H2,1-4H3. The highest BCUT2D eigenvalue weighted by Gasteiger charge is 2.11. The van der Waals surface area contributed by atoms with Gasteiger partial charge in [-0.25, -0.2) is 0 Å². The van der Waals surface area contributed by atoms with Crippen molar-refractivity contribution in [2.75, 3.05) is 0 Å². The molecule has 0 radical (unpaired) electrons. The van der Waals surface area contributed by atoms with E-state index in [-0.39, 0.29) is 0 Å². The second kappa shape index (κ2) is 5.20. The Kier molecular flexibility index (Phi) is 4.19. The summed E-state index contributed by atoms with van der Waals surface area (Å²) in [7, 11) is 0. The fraction of sp³-hybridized carbons (Fsp3) is 0.571. The van der Waals surface area contributed by atoms with Crippen molar-refractivity contribution in [3.63, 3.8) is 0 Å². The summed E-state index contributed by atoms with van der Waals surface area (Å²) >= 11 is 0. The van der Waals surface area contributed by atoms with E-state index in [0.29, 0.717) is 5.75 Å². The molecule has 0 aliphatic rings. The maximum Gasteiger partial charge on any atom is 0.119 e. The molecule has 0 heterocycles. The molecule has 1 rings (SSSR count). The van der Waals surface area contributed by atoms with Crippen molar-refractivity contribution in [2.45, 2.75) is 53.4 Å². The Morgan fingerprint density at radius 2 is 1.53 bits per heavy atom. The minimum absolute atomic E-state index is 0.478. The highest BCUT2D eigenvalue weighted by atomic mass is 16.3. The van der Waals surface area contributed by atoms with Crippen molar-refractivity contribution in [1.82, 2.24) is 0 Å². The predicted octanol–water partition coefficient (Wildman–Crippen LogP) is 3.91. The molecule has 15 heavy (non-hydrogen) atoms. The number of phenolic OH excluding ortho intramolecular Hbond substituents is 1. The molecule has 0 bridgehead atoms. The average molecular weight is 206 g/mol. The number of hydrogen-bond donors (Lipinski definition) is 1. The van der Waals surface area contributed by atoms with Gasteiger partial charge in [0, 0.05) is 0 Å². The predicted molar refractivity (Wildman–Crippen MR) is 65.6 cm³/mol. The molecule has 1 N–H and O–H groups in total. The van der Waals surface area contributed by atoms with Crippen molar-refractivity contribution in [2.24, 2.45) is 0 Å². The van der Waals surface area contributed by atoms with Gasteiger partial charge in [0.1, 0.15) is 5.75 Å². The third-order valence-electron chi connectivity index (χ3n) is 3.04. The lowest BCUT2D eigenvalue weighted by Gasteiger charge is -2.15. The zero-order valence-corrected chi connectivity index (χ0v) is 10.4. The van der Waals surface area contributed by atoms with Gasteiger partial charge in [0.2, 0.25) is 0 Å². The summed E-state index contributed by atoms with van der Waals surface area (Å²) in [5, 5.41) is 9.90. The van der Waals surface area contributed by atoms with Crippen molar-refractivity contribution >= 4 is 0 Å². The van der Waals surface area contributed by atoms with E-state index in [1.54, 1.807) is 0 Å². The van der Waals surface area contributed by atoms with Crippen LogP contribution >= 0.6 is 0 Å². The van der Waals surface area contributed by atoms with Crippen molar-refractivity contribution in [1.29, 1.82) is 0 Å². The summed E-state index contributed by atoms with van der Waals surface area (Å²) in [5.41, 5.74) is 5.10. The van der Waals surface area contributed by atoms with Gasteiger partial charge in [-0.15, -0.1) is 0 Å². The molecular formula is C14H22O. The maximum atomic E-state index is 9.90. The molecular weight excluding hydrogens is 184 g/mol. The van der Waals surface area contributed by atoms with Crippen LogP contribution in [0.15, 0.2) is 6.07 Å². The number of hydrogen-bond acceptors (Lipinski definition) is 1. The fourth-order valence-corrected chi connectivity index (χ4v) is 2.25. The number of benzene rings is 1. The number of aryl methyl sites for hydroxylation is 1. The Bertz CT molecular complexity index is 309. The number of aromatic hydroxyl groups is 1. The molecule has 0 aromatic heterocycles. The van der Waals surface area contributed by atoms with E-state index in [0.717, 1.165) is 31.2 Å². The van der Waals surface area contributed by atoms with Crippen LogP contribution in [0, 0.1) is 13.8 Å². The van der Waals surface area contributed by atoms with Crippen LogP contribution in [0.2, 0.25) is 0 Å². The van der Waals surface area contributed by atoms with Gasteiger partial charge >= 0.3 is 0 Å². The molecule has 1 aromatic carbocycles. The molecule has 0 saturated heterocycles. The molecule has 1 aromatic rings. The SMILES string of the molecule is CCCc1c(C)cc(O)c(CCC)c1C. The minimum atomic E-state index is 0.478. The molecule has 0 amide bonds. The van der Waals surface area contributed by atoms with Gasteiger partial charge in [-0.2, -0.15) is 0 Å². The van der Waals surface area contributed by atoms with E-state index in [1.807, 2.05) is 6.07 Å². The van der Waals surface area contributed by atoms with Crippen LogP contribution in [0.1, 0.15) is 48.9 Å². The topological polar surface area (TPSA) is 20.2 Å². The lowest BCUT2D eigenvalue weighted by molar-refractivity contribution is 0.466. The van der Waals surface area contributed by atoms with Gasteiger partial charge in [0.05, 0.1) is 0 Å². The van der Waals surface area contributed by atoms with Gasteiger partial charge in [0.25, 0.3) is 0 Å². The zero-order valence-electron chi connectivity index (χ0n) is 10.4. The zero-order chi connectivity index (χ0) is 11.4. The van der Waals surface area contributed by atoms with Crippen molar-refractivity contribution in [3.8, 4) is 5.75 Å². The molecule has 0 aliphatic carbocycles. The summed E-state index contributed by atoms with van der Waals surface area (Å²) in [5.74, 6) is 0.478. The largest absolute Gasteiger partial charge is 0.508 e. The van der Waals surface area contributed by atoms with Gasteiger partial charge in [-0.1, -0.05) is 26.7 Å². The Hall–Kier alpha value is -0.980. The van der Waals surface area contributed by atoms with Crippen molar-refractivity contribution < 1.29 is 5.11 Å². The van der Waals surface area contributed by atoms with E-state index >= 15 is 0 Å². The molecule has 0 spiro atoms. The Morgan fingerprint density at radius 3 is 2.07 bits per heavy atom. The van der Waals surface area contributed by atoms with Crippen LogP contribution < -0.4 is 0 Å². The first kappa shape index (κ1) is 12.1. The number of rotatable bonds is 4. The second-order valence-corrected chi connectivity index (χ2v) is 4.29. The van der Waals surface area contributed by atoms with E-state index in [4.69, 9.17) is 0 Å². The van der Waals surface area contributed by atoms with Crippen LogP contribution in [-0.2, 0) is 12.8 Å². The van der Waals surface area contributed by atoms with E-state index in [9.17, 15) is 5.11 Å². The van der Waals surface area contributed by atoms with Gasteiger partial charge in [-0.3, -0.25) is 0 Å². The van der Waals surface area contributed by atoms with E-state index in [2.05, 4.69) is 27.7 Å². The third kappa shape index (κ3) is 2.53. The van der Waals surface area contributed by atoms with Crippen molar-refractivity contribution in [3.05, 3.63) is 28.3 Å². The molecule has 0 atom stereocenters. The first-order valence-corrected chi connectivity index (χ1v) is 5.92. The molecule has 0 fully saturated rings. The summed E-state index contributed by atoms with van der Waals surface area (Å²) < 4.78 is 0. The monoisotopic (exact) mass is 206 g/mol. The van der Waals surface area contributed by atoms with Crippen LogP contribution in [0.4, 0.5) is 0 Å². The molecule has 0 unspecified atom stereocenters. The van der Waals surface area contributed by atoms with Gasteiger partial charge in [-0.05, 0) is 55.0 Å². The van der Waals surface area contributed by atoms with E-state index in [1.165, 1.54) is 16.7 Å². The average Bonchev–Trinajstić information content (AvgIpc) is 2.19. The maximum absolute atomic E-state index is 9.90. The summed E-state index contributed by atoms with van der Waals surface area (Å²) in [4.78, 5) is 0. The Balaban J connectivity index is 3.22. The van der Waals surface area contributed by atoms with Crippen LogP contribution in [0.25, 0.3) is 0 Å². The van der Waals surface area contributed by atoms with Crippen LogP contribution in [0.3, 0.4) is 0 Å². The minimum Gasteiger partial charge on any atom is -0.508 e. The number of phenols is 1. The Labute approximate surface area is 93.1 Å². The lowest BCUT2D eigenvalue weighted by atomic mass is 9.92. The quantitative estimate of drug-likeness (QED) is 0.791. The lowest BCUT2D eigenvalue weighted by Crippen LogP contribution is -1.99. The first-order valence-electron chi connectivity index (χ1n) is 5.92. The summed E-state index contributed by atoms with van der Waals surface area (Å²) in [6.07, 6.45) is 4.35. The van der Waals surface area contributed by atoms with E-state index < -0.39 is 0 Å². The van der Waals surface area contributed by atoms with Crippen LogP contribution in [-0.4, -0.2) is 5.11 Å². The smallest absolute Gasteiger partial charge is 0.119 e. The fourth-order valence-electron chi connectivity index (χ4n) is 2.25. The second-order valence-electron chi connectivity index (χ2n) is 4.29. The molecule has 0 saturated carbocycles. The third-order valence-corrected chi connectivity index (χ3v) is 3.04. The van der Waals surface area contributed by atoms with Gasteiger partial charge in [0.15, 0.2) is 0 Å². The van der Waals surface area contributed by atoms with Gasteiger partial charge < -0.3 is 5.11 Å². The first-order chi connectivity index (χ1) is 7.11. The summed E-state index contributed by atoms with van der Waals surface area (Å²) in [6.45, 7) is 8.58. The molecule has 0 aliphatic heterocycles. The molecule has 84 valence electrons. The summed E-state index contributed by atoms with van der Waals surface area (Å²) in [6, 6.07) is 1.92. The Morgan fingerprint density at radius 1 is 1.00 bits per heavy atom.